The van der Waals surface area contributed by atoms with Crippen molar-refractivity contribution < 1.29 is 4.39 Å². The quantitative estimate of drug-likeness (QED) is 0.915. The van der Waals surface area contributed by atoms with E-state index in [2.05, 4.69) is 4.98 Å². The zero-order chi connectivity index (χ0) is 13.8. The summed E-state index contributed by atoms with van der Waals surface area (Å²) in [5, 5.41) is 0. The molecule has 2 rings (SSSR count). The highest BCUT2D eigenvalue weighted by atomic mass is 19.1. The van der Waals surface area contributed by atoms with Crippen LogP contribution in [-0.4, -0.2) is 11.5 Å². The van der Waals surface area contributed by atoms with E-state index in [1.54, 1.807) is 12.3 Å². The minimum Gasteiger partial charge on any atom is -0.326 e. The number of hydrogen-bond acceptors (Lipinski definition) is 3. The van der Waals surface area contributed by atoms with E-state index in [1.165, 1.54) is 12.1 Å². The van der Waals surface area contributed by atoms with Gasteiger partial charge in [0.05, 0.1) is 0 Å². The fraction of sp³-hybridized carbons (Fsp3) is 0.267. The van der Waals surface area contributed by atoms with Gasteiger partial charge in [0.1, 0.15) is 11.6 Å². The maximum absolute atomic E-state index is 13.4. The molecule has 1 heterocycles. The fourth-order valence-corrected chi connectivity index (χ4v) is 2.09. The summed E-state index contributed by atoms with van der Waals surface area (Å²) in [7, 11) is 0. The predicted octanol–water partition coefficient (Wildman–Crippen LogP) is 3.40. The van der Waals surface area contributed by atoms with Crippen LogP contribution in [0.4, 0.5) is 15.9 Å². The molecule has 0 saturated carbocycles. The van der Waals surface area contributed by atoms with Crippen LogP contribution in [0.3, 0.4) is 0 Å². The average Bonchev–Trinajstić information content (AvgIpc) is 2.40. The van der Waals surface area contributed by atoms with Gasteiger partial charge < -0.3 is 10.6 Å². The van der Waals surface area contributed by atoms with Gasteiger partial charge in [0, 0.05) is 30.0 Å². The van der Waals surface area contributed by atoms with Crippen molar-refractivity contribution in [1.29, 1.82) is 0 Å². The van der Waals surface area contributed by atoms with Crippen LogP contribution in [0.1, 0.15) is 25.5 Å². The van der Waals surface area contributed by atoms with Crippen molar-refractivity contribution in [3.8, 4) is 0 Å². The van der Waals surface area contributed by atoms with E-state index in [9.17, 15) is 4.39 Å². The number of anilines is 2. The molecule has 0 fully saturated rings. The Balaban J connectivity index is 2.48. The summed E-state index contributed by atoms with van der Waals surface area (Å²) in [6, 6.07) is 10.2. The third-order valence-corrected chi connectivity index (χ3v) is 3.00. The molecule has 0 unspecified atom stereocenters. The molecule has 4 heteroatoms. The van der Waals surface area contributed by atoms with Crippen molar-refractivity contribution in [1.82, 2.24) is 4.98 Å². The van der Waals surface area contributed by atoms with Gasteiger partial charge in [-0.2, -0.15) is 0 Å². The maximum Gasteiger partial charge on any atom is 0.137 e. The average molecular weight is 259 g/mol. The van der Waals surface area contributed by atoms with E-state index < -0.39 is 0 Å². The first kappa shape index (κ1) is 13.5. The zero-order valence-corrected chi connectivity index (χ0v) is 11.2. The number of rotatable bonds is 4. The van der Waals surface area contributed by atoms with Crippen molar-refractivity contribution in [2.24, 2.45) is 5.73 Å². The van der Waals surface area contributed by atoms with Crippen LogP contribution in [0.15, 0.2) is 42.6 Å². The Morgan fingerprint density at radius 1 is 1.32 bits per heavy atom. The van der Waals surface area contributed by atoms with Gasteiger partial charge in [-0.25, -0.2) is 9.37 Å². The molecule has 0 saturated heterocycles. The zero-order valence-electron chi connectivity index (χ0n) is 11.2. The second-order valence-electron chi connectivity index (χ2n) is 4.43. The molecular weight excluding hydrogens is 241 g/mol. The highest BCUT2D eigenvalue weighted by Gasteiger charge is 2.15. The van der Waals surface area contributed by atoms with Crippen LogP contribution in [0.25, 0.3) is 0 Å². The van der Waals surface area contributed by atoms with Gasteiger partial charge in [0.25, 0.3) is 0 Å². The summed E-state index contributed by atoms with van der Waals surface area (Å²) >= 11 is 0. The monoisotopic (exact) mass is 259 g/mol. The standard InChI is InChI=1S/C15H18FN3/c1-3-19(13-7-4-6-12(16)10-13)15-14(11(2)17)8-5-9-18-15/h4-11H,3,17H2,1-2H3/t11-/m1/s1. The third kappa shape index (κ3) is 2.90. The summed E-state index contributed by atoms with van der Waals surface area (Å²) in [5.41, 5.74) is 7.71. The van der Waals surface area contributed by atoms with Gasteiger partial charge in [-0.05, 0) is 38.1 Å². The van der Waals surface area contributed by atoms with Crippen LogP contribution in [0, 0.1) is 5.82 Å². The molecule has 1 aromatic heterocycles. The number of nitrogens with zero attached hydrogens (tertiary/aromatic N) is 2. The molecule has 1 aromatic carbocycles. The minimum atomic E-state index is -0.255. The third-order valence-electron chi connectivity index (χ3n) is 3.00. The van der Waals surface area contributed by atoms with Crippen LogP contribution in [0.5, 0.6) is 0 Å². The lowest BCUT2D eigenvalue weighted by atomic mass is 10.1. The first-order valence-electron chi connectivity index (χ1n) is 6.37. The highest BCUT2D eigenvalue weighted by molar-refractivity contribution is 5.63. The predicted molar refractivity (Wildman–Crippen MR) is 75.9 cm³/mol. The molecule has 0 radical (unpaired) electrons. The summed E-state index contributed by atoms with van der Waals surface area (Å²) in [6.07, 6.45) is 1.73. The summed E-state index contributed by atoms with van der Waals surface area (Å²) < 4.78 is 13.4. The van der Waals surface area contributed by atoms with Gasteiger partial charge >= 0.3 is 0 Å². The van der Waals surface area contributed by atoms with Crippen molar-refractivity contribution in [2.45, 2.75) is 19.9 Å². The van der Waals surface area contributed by atoms with Gasteiger partial charge in [-0.15, -0.1) is 0 Å². The lowest BCUT2D eigenvalue weighted by Crippen LogP contribution is -2.21. The fourth-order valence-electron chi connectivity index (χ4n) is 2.09. The first-order valence-corrected chi connectivity index (χ1v) is 6.37. The maximum atomic E-state index is 13.4. The molecule has 0 spiro atoms. The number of nitrogens with two attached hydrogens (primary N) is 1. The smallest absolute Gasteiger partial charge is 0.137 e. The van der Waals surface area contributed by atoms with Crippen molar-refractivity contribution in [2.75, 3.05) is 11.4 Å². The van der Waals surface area contributed by atoms with E-state index in [1.807, 2.05) is 36.9 Å². The second kappa shape index (κ2) is 5.80. The largest absolute Gasteiger partial charge is 0.326 e. The number of hydrogen-bond donors (Lipinski definition) is 1. The summed E-state index contributed by atoms with van der Waals surface area (Å²) in [4.78, 5) is 6.36. The van der Waals surface area contributed by atoms with E-state index in [-0.39, 0.29) is 11.9 Å². The molecule has 1 atom stereocenters. The lowest BCUT2D eigenvalue weighted by Gasteiger charge is -2.25. The van der Waals surface area contributed by atoms with E-state index in [0.717, 1.165) is 17.1 Å². The first-order chi connectivity index (χ1) is 9.13. The normalized spacial score (nSPS) is 12.2. The molecule has 3 nitrogen and oxygen atoms in total. The van der Waals surface area contributed by atoms with Crippen LogP contribution in [0.2, 0.25) is 0 Å². The highest BCUT2D eigenvalue weighted by Crippen LogP contribution is 2.29. The van der Waals surface area contributed by atoms with Crippen molar-refractivity contribution in [3.63, 3.8) is 0 Å². The van der Waals surface area contributed by atoms with E-state index in [4.69, 9.17) is 5.73 Å². The lowest BCUT2D eigenvalue weighted by molar-refractivity contribution is 0.627. The molecule has 0 bridgehead atoms. The number of benzene rings is 1. The molecule has 19 heavy (non-hydrogen) atoms. The molecule has 100 valence electrons. The molecule has 0 amide bonds. The number of pyridine rings is 1. The topological polar surface area (TPSA) is 42.2 Å². The van der Waals surface area contributed by atoms with Gasteiger partial charge in [-0.1, -0.05) is 12.1 Å². The Morgan fingerprint density at radius 2 is 2.11 bits per heavy atom. The minimum absolute atomic E-state index is 0.119. The molecular formula is C15H18FN3. The van der Waals surface area contributed by atoms with Crippen molar-refractivity contribution >= 4 is 11.5 Å². The summed E-state index contributed by atoms with van der Waals surface area (Å²) in [6.45, 7) is 4.62. The Morgan fingerprint density at radius 3 is 2.74 bits per heavy atom. The van der Waals surface area contributed by atoms with E-state index >= 15 is 0 Å². The van der Waals surface area contributed by atoms with Gasteiger partial charge in [0.15, 0.2) is 0 Å². The number of aromatic nitrogens is 1. The van der Waals surface area contributed by atoms with Gasteiger partial charge in [0.2, 0.25) is 0 Å². The van der Waals surface area contributed by atoms with Crippen LogP contribution in [-0.2, 0) is 0 Å². The molecule has 0 aliphatic carbocycles. The molecule has 2 aromatic rings. The Labute approximate surface area is 112 Å². The Kier molecular flexibility index (Phi) is 4.12. The Bertz CT molecular complexity index is 555. The van der Waals surface area contributed by atoms with Crippen LogP contribution < -0.4 is 10.6 Å². The molecule has 0 aliphatic rings. The number of halogens is 1. The van der Waals surface area contributed by atoms with E-state index in [0.29, 0.717) is 6.54 Å². The second-order valence-corrected chi connectivity index (χ2v) is 4.43. The van der Waals surface area contributed by atoms with Gasteiger partial charge in [-0.3, -0.25) is 0 Å². The molecule has 0 aliphatic heterocycles. The van der Waals surface area contributed by atoms with Crippen molar-refractivity contribution in [3.05, 3.63) is 54.0 Å². The van der Waals surface area contributed by atoms with Crippen LogP contribution >= 0.6 is 0 Å². The molecule has 2 N–H and O–H groups in total. The Hall–Kier alpha value is -1.94. The summed E-state index contributed by atoms with van der Waals surface area (Å²) in [5.74, 6) is 0.528. The SMILES string of the molecule is CCN(c1cccc(F)c1)c1ncccc1[C@@H](C)N.